The molecule has 65 heavy (non-hydrogen) atoms. The Kier molecular flexibility index (Phi) is 8.47. The average Bonchev–Trinajstić information content (AvgIpc) is 3.90. The van der Waals surface area contributed by atoms with E-state index in [-0.39, 0.29) is 0 Å². The number of para-hydroxylation sites is 1. The molecule has 2 nitrogen and oxygen atoms in total. The lowest BCUT2D eigenvalue weighted by atomic mass is 9.67. The second-order valence-corrected chi connectivity index (χ2v) is 17.3. The fraction of sp³-hybridized carbons (Fsp3) is 0.0159. The summed E-state index contributed by atoms with van der Waals surface area (Å²) in [4.78, 5) is 2.41. The van der Waals surface area contributed by atoms with Crippen LogP contribution in [0.4, 0.5) is 17.1 Å². The van der Waals surface area contributed by atoms with Crippen LogP contribution in [0.15, 0.2) is 253 Å². The van der Waals surface area contributed by atoms with Crippen LogP contribution < -0.4 is 4.90 Å². The minimum Gasteiger partial charge on any atom is -0.456 e. The Morgan fingerprint density at radius 1 is 0.292 bits per heavy atom. The van der Waals surface area contributed by atoms with E-state index in [1.54, 1.807) is 0 Å². The highest BCUT2D eigenvalue weighted by Gasteiger charge is 2.46. The van der Waals surface area contributed by atoms with Gasteiger partial charge < -0.3 is 9.32 Å². The van der Waals surface area contributed by atoms with Crippen LogP contribution in [0.3, 0.4) is 0 Å². The molecule has 11 aromatic carbocycles. The van der Waals surface area contributed by atoms with Crippen molar-refractivity contribution in [3.63, 3.8) is 0 Å². The van der Waals surface area contributed by atoms with E-state index in [1.165, 1.54) is 77.2 Å². The molecule has 0 saturated heterocycles. The van der Waals surface area contributed by atoms with Gasteiger partial charge in [-0.15, -0.1) is 0 Å². The maximum absolute atomic E-state index is 6.34. The molecule has 0 fully saturated rings. The Labute approximate surface area is 377 Å². The van der Waals surface area contributed by atoms with Gasteiger partial charge in [0.1, 0.15) is 11.2 Å². The Hall–Kier alpha value is -8.46. The first-order chi connectivity index (χ1) is 32.2. The van der Waals surface area contributed by atoms with E-state index in [0.717, 1.165) is 39.0 Å². The fourth-order valence-corrected chi connectivity index (χ4v) is 10.6. The van der Waals surface area contributed by atoms with Crippen molar-refractivity contribution in [1.82, 2.24) is 0 Å². The average molecular weight is 828 g/mol. The van der Waals surface area contributed by atoms with E-state index < -0.39 is 5.41 Å². The summed E-state index contributed by atoms with van der Waals surface area (Å²) in [5, 5.41) is 7.16. The normalized spacial score (nSPS) is 12.7. The lowest BCUT2D eigenvalue weighted by Gasteiger charge is -2.35. The third-order valence-electron chi connectivity index (χ3n) is 13.7. The smallest absolute Gasteiger partial charge is 0.135 e. The number of hydrogen-bond acceptors (Lipinski definition) is 2. The Balaban J connectivity index is 0.945. The minimum atomic E-state index is -0.517. The maximum Gasteiger partial charge on any atom is 0.135 e. The molecule has 12 aromatic rings. The predicted molar refractivity (Wildman–Crippen MR) is 272 cm³/mol. The Bertz CT molecular complexity index is 3730. The molecule has 304 valence electrons. The number of anilines is 3. The van der Waals surface area contributed by atoms with Crippen LogP contribution in [0.1, 0.15) is 22.3 Å². The van der Waals surface area contributed by atoms with Crippen LogP contribution in [0.5, 0.6) is 0 Å². The third kappa shape index (κ3) is 5.95. The number of fused-ring (bicyclic) bond motifs is 8. The number of benzene rings is 11. The van der Waals surface area contributed by atoms with Gasteiger partial charge in [-0.05, 0) is 144 Å². The van der Waals surface area contributed by atoms with Gasteiger partial charge in [0, 0.05) is 27.8 Å². The number of hydrogen-bond donors (Lipinski definition) is 0. The molecule has 0 atom stereocenters. The number of rotatable bonds is 7. The third-order valence-corrected chi connectivity index (χ3v) is 13.7. The molecule has 1 aromatic heterocycles. The maximum atomic E-state index is 6.34. The summed E-state index contributed by atoms with van der Waals surface area (Å²) in [6, 6.07) is 91.0. The quantitative estimate of drug-likeness (QED) is 0.159. The molecule has 0 bridgehead atoms. The lowest BCUT2D eigenvalue weighted by molar-refractivity contribution is 0.669. The summed E-state index contributed by atoms with van der Waals surface area (Å²) >= 11 is 0. The van der Waals surface area contributed by atoms with Gasteiger partial charge in [-0.25, -0.2) is 0 Å². The fourth-order valence-electron chi connectivity index (χ4n) is 10.6. The van der Waals surface area contributed by atoms with Crippen molar-refractivity contribution in [2.75, 3.05) is 4.90 Å². The van der Waals surface area contributed by atoms with Crippen molar-refractivity contribution >= 4 is 60.5 Å². The van der Waals surface area contributed by atoms with Crippen LogP contribution in [-0.2, 0) is 5.41 Å². The molecule has 2 heteroatoms. The first kappa shape index (κ1) is 37.1. The summed E-state index contributed by atoms with van der Waals surface area (Å²) in [5.74, 6) is 0. The highest BCUT2D eigenvalue weighted by atomic mass is 16.3. The van der Waals surface area contributed by atoms with Crippen molar-refractivity contribution in [2.24, 2.45) is 0 Å². The summed E-state index contributed by atoms with van der Waals surface area (Å²) < 4.78 is 6.34. The number of furan rings is 1. The van der Waals surface area contributed by atoms with Crippen LogP contribution in [0.25, 0.3) is 76.9 Å². The van der Waals surface area contributed by atoms with Crippen LogP contribution in [-0.4, -0.2) is 0 Å². The molecular formula is C63H41NO. The van der Waals surface area contributed by atoms with E-state index in [9.17, 15) is 0 Å². The van der Waals surface area contributed by atoms with E-state index in [0.29, 0.717) is 0 Å². The van der Waals surface area contributed by atoms with Gasteiger partial charge in [0.2, 0.25) is 0 Å². The predicted octanol–water partition coefficient (Wildman–Crippen LogP) is 17.1. The van der Waals surface area contributed by atoms with E-state index >= 15 is 0 Å². The molecule has 1 heterocycles. The van der Waals surface area contributed by atoms with Gasteiger partial charge >= 0.3 is 0 Å². The van der Waals surface area contributed by atoms with Gasteiger partial charge in [0.15, 0.2) is 0 Å². The Morgan fingerprint density at radius 3 is 1.51 bits per heavy atom. The van der Waals surface area contributed by atoms with E-state index in [4.69, 9.17) is 4.42 Å². The van der Waals surface area contributed by atoms with Gasteiger partial charge in [0.05, 0.1) is 5.41 Å². The zero-order valence-corrected chi connectivity index (χ0v) is 35.5. The summed E-state index contributed by atoms with van der Waals surface area (Å²) in [6.45, 7) is 0. The summed E-state index contributed by atoms with van der Waals surface area (Å²) in [5.41, 5.74) is 16.9. The molecule has 0 aliphatic heterocycles. The highest BCUT2D eigenvalue weighted by Crippen LogP contribution is 2.57. The zero-order valence-electron chi connectivity index (χ0n) is 35.5. The Morgan fingerprint density at radius 2 is 0.785 bits per heavy atom. The first-order valence-corrected chi connectivity index (χ1v) is 22.4. The molecule has 0 spiro atoms. The largest absolute Gasteiger partial charge is 0.456 e. The zero-order chi connectivity index (χ0) is 42.9. The second-order valence-electron chi connectivity index (χ2n) is 17.3. The molecule has 13 rings (SSSR count). The standard InChI is InChI=1S/C63H41NO/c1-3-15-50(16-4-1)63(51-17-5-2-6-18-51)59-21-11-9-19-55(59)56-35-33-54(41-60(56)63)64(53-34-36-62-58(40-53)57-20-10-12-22-61(57)65-62)52-31-29-43(30-32-52)45-25-26-48-39-49(28-27-47(48)38-45)46-24-23-42-13-7-8-14-44(42)37-46/h1-41H. The lowest BCUT2D eigenvalue weighted by Crippen LogP contribution is -2.28. The highest BCUT2D eigenvalue weighted by molar-refractivity contribution is 6.07. The van der Waals surface area contributed by atoms with Gasteiger partial charge in [0.25, 0.3) is 0 Å². The molecule has 1 aliphatic carbocycles. The van der Waals surface area contributed by atoms with Crippen molar-refractivity contribution < 1.29 is 4.42 Å². The van der Waals surface area contributed by atoms with Crippen molar-refractivity contribution in [2.45, 2.75) is 5.41 Å². The van der Waals surface area contributed by atoms with Crippen molar-refractivity contribution in [3.05, 3.63) is 271 Å². The van der Waals surface area contributed by atoms with Crippen LogP contribution in [0, 0.1) is 0 Å². The SMILES string of the molecule is c1ccc(C2(c3ccccc3)c3ccccc3-c3ccc(N(c4ccc(-c5ccc6cc(-c7ccc8ccccc8c7)ccc6c5)cc4)c4ccc5oc6ccccc6c5c4)cc32)cc1. The van der Waals surface area contributed by atoms with Gasteiger partial charge in [-0.2, -0.15) is 0 Å². The van der Waals surface area contributed by atoms with Crippen LogP contribution in [0.2, 0.25) is 0 Å². The molecular weight excluding hydrogens is 787 g/mol. The monoisotopic (exact) mass is 827 g/mol. The first-order valence-electron chi connectivity index (χ1n) is 22.4. The molecule has 0 unspecified atom stereocenters. The van der Waals surface area contributed by atoms with Gasteiger partial charge in [-0.3, -0.25) is 0 Å². The van der Waals surface area contributed by atoms with Crippen LogP contribution >= 0.6 is 0 Å². The van der Waals surface area contributed by atoms with E-state index in [1.807, 2.05) is 12.1 Å². The minimum absolute atomic E-state index is 0.517. The molecule has 0 N–H and O–H groups in total. The van der Waals surface area contributed by atoms with Gasteiger partial charge in [-0.1, -0.05) is 182 Å². The van der Waals surface area contributed by atoms with Crippen molar-refractivity contribution in [3.8, 4) is 33.4 Å². The van der Waals surface area contributed by atoms with E-state index in [2.05, 4.69) is 241 Å². The summed E-state index contributed by atoms with van der Waals surface area (Å²) in [7, 11) is 0. The molecule has 0 saturated carbocycles. The van der Waals surface area contributed by atoms with Crippen molar-refractivity contribution in [1.29, 1.82) is 0 Å². The molecule has 1 aliphatic rings. The molecule has 0 amide bonds. The molecule has 0 radical (unpaired) electrons. The number of nitrogens with zero attached hydrogens (tertiary/aromatic N) is 1. The second kappa shape index (κ2) is 14.8. The topological polar surface area (TPSA) is 16.4 Å². The summed E-state index contributed by atoms with van der Waals surface area (Å²) in [6.07, 6.45) is 0.